The fraction of sp³-hybridized carbons (Fsp3) is 0.312. The van der Waals surface area contributed by atoms with Gasteiger partial charge in [-0.25, -0.2) is 0 Å². The largest absolute Gasteiger partial charge is 0.467 e. The van der Waals surface area contributed by atoms with E-state index in [1.807, 2.05) is 6.07 Å². The molecule has 2 N–H and O–H groups in total. The summed E-state index contributed by atoms with van der Waals surface area (Å²) in [6.07, 6.45) is 2.30. The van der Waals surface area contributed by atoms with E-state index in [-0.39, 0.29) is 23.5 Å². The van der Waals surface area contributed by atoms with E-state index in [4.69, 9.17) is 9.68 Å². The lowest BCUT2D eigenvalue weighted by atomic mass is 9.99. The third-order valence-electron chi connectivity index (χ3n) is 3.56. The number of furan rings is 1. The Morgan fingerprint density at radius 1 is 1.45 bits per heavy atom. The summed E-state index contributed by atoms with van der Waals surface area (Å²) < 4.78 is 5.14. The Morgan fingerprint density at radius 2 is 2.23 bits per heavy atom. The van der Waals surface area contributed by atoms with Crippen molar-refractivity contribution in [3.63, 3.8) is 0 Å². The van der Waals surface area contributed by atoms with Crippen molar-refractivity contribution in [3.8, 4) is 6.07 Å². The molecule has 2 rings (SSSR count). The first-order valence-corrected chi connectivity index (χ1v) is 6.94. The number of aryl methyl sites for hydroxylation is 1. The fourth-order valence-electron chi connectivity index (χ4n) is 2.35. The highest BCUT2D eigenvalue weighted by atomic mass is 16.3. The van der Waals surface area contributed by atoms with Crippen LogP contribution in [-0.2, 0) is 17.8 Å². The first-order valence-electron chi connectivity index (χ1n) is 6.94. The standard InChI is InChI=1S/C16H17N3O3/c1-10-13(11(2)19-16(21)14(10)8-17)5-6-15(20)18-9-12-4-3-7-22-12/h3-4,7H,5-6,9H2,1-2H3,(H,18,20)(H,19,21). The smallest absolute Gasteiger partial charge is 0.266 e. The average molecular weight is 299 g/mol. The summed E-state index contributed by atoms with van der Waals surface area (Å²) in [6, 6.07) is 5.46. The normalized spacial score (nSPS) is 10.2. The number of pyridine rings is 1. The predicted octanol–water partition coefficient (Wildman–Crippen LogP) is 1.71. The zero-order valence-electron chi connectivity index (χ0n) is 12.5. The molecule has 6 heteroatoms. The van der Waals surface area contributed by atoms with E-state index in [0.29, 0.717) is 30.0 Å². The van der Waals surface area contributed by atoms with Crippen molar-refractivity contribution in [2.75, 3.05) is 0 Å². The Kier molecular flexibility index (Phi) is 4.79. The molecule has 0 bridgehead atoms. The maximum absolute atomic E-state index is 11.9. The maximum atomic E-state index is 11.9. The van der Waals surface area contributed by atoms with E-state index in [9.17, 15) is 9.59 Å². The van der Waals surface area contributed by atoms with Gasteiger partial charge in [-0.05, 0) is 43.5 Å². The number of H-pyrrole nitrogens is 1. The molecule has 0 spiro atoms. The summed E-state index contributed by atoms with van der Waals surface area (Å²) in [5, 5.41) is 11.8. The molecular formula is C16H17N3O3. The van der Waals surface area contributed by atoms with E-state index in [1.165, 1.54) is 0 Å². The van der Waals surface area contributed by atoms with Crippen LogP contribution in [0.3, 0.4) is 0 Å². The number of nitrogens with one attached hydrogen (secondary N) is 2. The Labute approximate surface area is 127 Å². The molecular weight excluding hydrogens is 282 g/mol. The number of aromatic amines is 1. The molecule has 0 aliphatic rings. The maximum Gasteiger partial charge on any atom is 0.266 e. The second-order valence-corrected chi connectivity index (χ2v) is 5.03. The topological polar surface area (TPSA) is 98.9 Å². The van der Waals surface area contributed by atoms with Crippen LogP contribution in [0.1, 0.15) is 34.6 Å². The van der Waals surface area contributed by atoms with E-state index < -0.39 is 0 Å². The van der Waals surface area contributed by atoms with E-state index in [0.717, 1.165) is 5.56 Å². The van der Waals surface area contributed by atoms with Crippen LogP contribution in [0.2, 0.25) is 0 Å². The second-order valence-electron chi connectivity index (χ2n) is 5.03. The lowest BCUT2D eigenvalue weighted by molar-refractivity contribution is -0.121. The molecule has 0 saturated carbocycles. The lowest BCUT2D eigenvalue weighted by Crippen LogP contribution is -2.23. The Bertz CT molecular complexity index is 767. The number of carbonyl (C=O) groups is 1. The fourth-order valence-corrected chi connectivity index (χ4v) is 2.35. The van der Waals surface area contributed by atoms with Crippen molar-refractivity contribution < 1.29 is 9.21 Å². The molecule has 0 saturated heterocycles. The second kappa shape index (κ2) is 6.76. The summed E-state index contributed by atoms with van der Waals surface area (Å²) >= 11 is 0. The number of aromatic nitrogens is 1. The molecule has 6 nitrogen and oxygen atoms in total. The lowest BCUT2D eigenvalue weighted by Gasteiger charge is -2.10. The Balaban J connectivity index is 2.01. The molecule has 0 aliphatic carbocycles. The molecule has 22 heavy (non-hydrogen) atoms. The molecule has 1 amide bonds. The van der Waals surface area contributed by atoms with Gasteiger partial charge in [0.15, 0.2) is 0 Å². The van der Waals surface area contributed by atoms with Gasteiger partial charge in [-0.3, -0.25) is 9.59 Å². The van der Waals surface area contributed by atoms with Gasteiger partial charge < -0.3 is 14.7 Å². The van der Waals surface area contributed by atoms with Crippen molar-refractivity contribution in [1.82, 2.24) is 10.3 Å². The minimum atomic E-state index is -0.386. The van der Waals surface area contributed by atoms with Gasteiger partial charge in [0.1, 0.15) is 17.4 Å². The van der Waals surface area contributed by atoms with Gasteiger partial charge in [0.2, 0.25) is 5.91 Å². The van der Waals surface area contributed by atoms with Gasteiger partial charge >= 0.3 is 0 Å². The highest BCUT2D eigenvalue weighted by molar-refractivity contribution is 5.76. The molecule has 0 unspecified atom stereocenters. The van der Waals surface area contributed by atoms with E-state index in [1.54, 1.807) is 32.2 Å². The van der Waals surface area contributed by atoms with Crippen molar-refractivity contribution in [2.24, 2.45) is 0 Å². The zero-order valence-corrected chi connectivity index (χ0v) is 12.5. The van der Waals surface area contributed by atoms with E-state index in [2.05, 4.69) is 10.3 Å². The number of carbonyl (C=O) groups excluding carboxylic acids is 1. The van der Waals surface area contributed by atoms with Crippen LogP contribution in [0.4, 0.5) is 0 Å². The summed E-state index contributed by atoms with van der Waals surface area (Å²) in [5.74, 6) is 0.580. The first kappa shape index (κ1) is 15.6. The summed E-state index contributed by atoms with van der Waals surface area (Å²) in [5.41, 5.74) is 1.90. The third-order valence-corrected chi connectivity index (χ3v) is 3.56. The van der Waals surface area contributed by atoms with Gasteiger partial charge in [0.25, 0.3) is 5.56 Å². The molecule has 2 aromatic rings. The molecule has 2 aromatic heterocycles. The van der Waals surface area contributed by atoms with Gasteiger partial charge in [0, 0.05) is 12.1 Å². The van der Waals surface area contributed by atoms with Crippen molar-refractivity contribution in [1.29, 1.82) is 5.26 Å². The van der Waals surface area contributed by atoms with Crippen molar-refractivity contribution >= 4 is 5.91 Å². The van der Waals surface area contributed by atoms with E-state index >= 15 is 0 Å². The van der Waals surface area contributed by atoms with Crippen LogP contribution in [0.5, 0.6) is 0 Å². The first-order chi connectivity index (χ1) is 10.5. The third kappa shape index (κ3) is 3.44. The number of rotatable bonds is 5. The zero-order chi connectivity index (χ0) is 16.1. The number of amides is 1. The van der Waals surface area contributed by atoms with Crippen LogP contribution in [0.25, 0.3) is 0 Å². The highest BCUT2D eigenvalue weighted by Crippen LogP contribution is 2.14. The Morgan fingerprint density at radius 3 is 2.86 bits per heavy atom. The minimum Gasteiger partial charge on any atom is -0.467 e. The number of hydrogen-bond acceptors (Lipinski definition) is 4. The monoisotopic (exact) mass is 299 g/mol. The molecule has 0 aromatic carbocycles. The molecule has 0 aliphatic heterocycles. The number of nitriles is 1. The molecule has 0 atom stereocenters. The van der Waals surface area contributed by atoms with Crippen LogP contribution in [-0.4, -0.2) is 10.9 Å². The van der Waals surface area contributed by atoms with Crippen molar-refractivity contribution in [3.05, 3.63) is 56.9 Å². The highest BCUT2D eigenvalue weighted by Gasteiger charge is 2.13. The van der Waals surface area contributed by atoms with Gasteiger partial charge in [-0.1, -0.05) is 0 Å². The molecule has 0 fully saturated rings. The number of hydrogen-bond donors (Lipinski definition) is 2. The molecule has 114 valence electrons. The van der Waals surface area contributed by atoms with Gasteiger partial charge in [0.05, 0.1) is 12.8 Å². The quantitative estimate of drug-likeness (QED) is 0.877. The molecule has 2 heterocycles. The SMILES string of the molecule is Cc1[nH]c(=O)c(C#N)c(C)c1CCC(=O)NCc1ccco1. The minimum absolute atomic E-state index is 0.108. The Hall–Kier alpha value is -2.81. The summed E-state index contributed by atoms with van der Waals surface area (Å²) in [7, 11) is 0. The van der Waals surface area contributed by atoms with Crippen LogP contribution in [0, 0.1) is 25.2 Å². The number of nitrogens with zero attached hydrogens (tertiary/aromatic N) is 1. The summed E-state index contributed by atoms with van der Waals surface area (Å²) in [4.78, 5) is 26.2. The van der Waals surface area contributed by atoms with Gasteiger partial charge in [-0.2, -0.15) is 5.26 Å². The van der Waals surface area contributed by atoms with Crippen LogP contribution < -0.4 is 10.9 Å². The van der Waals surface area contributed by atoms with Gasteiger partial charge in [-0.15, -0.1) is 0 Å². The van der Waals surface area contributed by atoms with Crippen LogP contribution in [0.15, 0.2) is 27.6 Å². The summed E-state index contributed by atoms with van der Waals surface area (Å²) in [6.45, 7) is 3.85. The van der Waals surface area contributed by atoms with Crippen molar-refractivity contribution in [2.45, 2.75) is 33.2 Å². The van der Waals surface area contributed by atoms with Crippen LogP contribution >= 0.6 is 0 Å². The predicted molar refractivity (Wildman–Crippen MR) is 80.1 cm³/mol. The molecule has 0 radical (unpaired) electrons. The average Bonchev–Trinajstić information content (AvgIpc) is 2.98.